The van der Waals surface area contributed by atoms with Gasteiger partial charge in [-0.05, 0) is 12.0 Å². The molecule has 1 unspecified atom stereocenters. The van der Waals surface area contributed by atoms with E-state index in [9.17, 15) is 9.90 Å². The van der Waals surface area contributed by atoms with Crippen LogP contribution in [0.4, 0.5) is 0 Å². The van der Waals surface area contributed by atoms with Gasteiger partial charge in [-0.2, -0.15) is 0 Å². The molecular weight excluding hydrogens is 232 g/mol. The van der Waals surface area contributed by atoms with Crippen LogP contribution in [0.3, 0.4) is 0 Å². The highest BCUT2D eigenvalue weighted by Crippen LogP contribution is 2.43. The van der Waals surface area contributed by atoms with Crippen LogP contribution in [-0.2, 0) is 4.79 Å². The van der Waals surface area contributed by atoms with Crippen molar-refractivity contribution in [1.29, 1.82) is 0 Å². The molecule has 96 valence electrons. The van der Waals surface area contributed by atoms with Crippen LogP contribution >= 0.6 is 0 Å². The zero-order valence-electron chi connectivity index (χ0n) is 10.3. The molecule has 1 aromatic rings. The molecular formula is C13H16N2O3. The van der Waals surface area contributed by atoms with Gasteiger partial charge in [0.1, 0.15) is 11.5 Å². The molecule has 0 bridgehead atoms. The quantitative estimate of drug-likeness (QED) is 0.731. The van der Waals surface area contributed by atoms with Crippen molar-refractivity contribution in [3.63, 3.8) is 0 Å². The summed E-state index contributed by atoms with van der Waals surface area (Å²) in [5.41, 5.74) is 12.2. The zero-order chi connectivity index (χ0) is 13.4. The number of carbonyl (C=O) groups excluding carboxylic acids is 1. The van der Waals surface area contributed by atoms with E-state index in [0.717, 1.165) is 5.56 Å². The summed E-state index contributed by atoms with van der Waals surface area (Å²) in [7, 11) is 0. The Labute approximate surface area is 105 Å². The number of fused-ring (bicyclic) bond motifs is 1. The number of phenolic OH excluding ortho intramolecular Hbond substituents is 1. The van der Waals surface area contributed by atoms with Gasteiger partial charge in [0, 0.05) is 17.5 Å². The molecule has 2 rings (SSSR count). The lowest BCUT2D eigenvalue weighted by Gasteiger charge is -2.30. The highest BCUT2D eigenvalue weighted by atomic mass is 16.5. The number of primary amides is 1. The zero-order valence-corrected chi connectivity index (χ0v) is 10.3. The third-order valence-corrected chi connectivity index (χ3v) is 3.06. The maximum absolute atomic E-state index is 11.5. The lowest BCUT2D eigenvalue weighted by Crippen LogP contribution is -2.31. The standard InChI is InChI=1S/C13H16N2O3/c1-6(2)10-8-4-3-7(16)5-9(8)18-13(15)11(10)12(14)17/h3-6,10,16H,15H2,1-2H3,(H2,14,17). The highest BCUT2D eigenvalue weighted by Gasteiger charge is 2.34. The lowest BCUT2D eigenvalue weighted by atomic mass is 9.80. The van der Waals surface area contributed by atoms with Crippen molar-refractivity contribution in [2.24, 2.45) is 17.4 Å². The SMILES string of the molecule is CC(C)C1C(C(N)=O)=C(N)Oc2cc(O)ccc21. The van der Waals surface area contributed by atoms with Crippen LogP contribution in [-0.4, -0.2) is 11.0 Å². The van der Waals surface area contributed by atoms with E-state index in [4.69, 9.17) is 16.2 Å². The first-order valence-corrected chi connectivity index (χ1v) is 5.72. The maximum Gasteiger partial charge on any atom is 0.250 e. The van der Waals surface area contributed by atoms with E-state index in [-0.39, 0.29) is 23.5 Å². The molecule has 5 N–H and O–H groups in total. The first-order valence-electron chi connectivity index (χ1n) is 5.72. The molecule has 1 heterocycles. The normalized spacial score (nSPS) is 18.5. The summed E-state index contributed by atoms with van der Waals surface area (Å²) in [6, 6.07) is 4.76. The van der Waals surface area contributed by atoms with Gasteiger partial charge in [-0.1, -0.05) is 19.9 Å². The summed E-state index contributed by atoms with van der Waals surface area (Å²) >= 11 is 0. The van der Waals surface area contributed by atoms with Gasteiger partial charge in [0.15, 0.2) is 5.88 Å². The molecule has 1 aliphatic rings. The number of amides is 1. The smallest absolute Gasteiger partial charge is 0.250 e. The van der Waals surface area contributed by atoms with Gasteiger partial charge in [-0.3, -0.25) is 4.79 Å². The van der Waals surface area contributed by atoms with Crippen LogP contribution < -0.4 is 16.2 Å². The Bertz CT molecular complexity index is 535. The topological polar surface area (TPSA) is 98.6 Å². The van der Waals surface area contributed by atoms with E-state index in [2.05, 4.69) is 0 Å². The van der Waals surface area contributed by atoms with Crippen molar-refractivity contribution in [3.8, 4) is 11.5 Å². The third-order valence-electron chi connectivity index (χ3n) is 3.06. The molecule has 1 atom stereocenters. The molecule has 0 saturated carbocycles. The summed E-state index contributed by atoms with van der Waals surface area (Å²) < 4.78 is 5.36. The van der Waals surface area contributed by atoms with Crippen LogP contribution in [0, 0.1) is 5.92 Å². The van der Waals surface area contributed by atoms with Gasteiger partial charge in [0.05, 0.1) is 5.57 Å². The second-order valence-electron chi connectivity index (χ2n) is 4.69. The van der Waals surface area contributed by atoms with Gasteiger partial charge >= 0.3 is 0 Å². The fraction of sp³-hybridized carbons (Fsp3) is 0.308. The lowest BCUT2D eigenvalue weighted by molar-refractivity contribution is -0.115. The van der Waals surface area contributed by atoms with Crippen molar-refractivity contribution < 1.29 is 14.6 Å². The van der Waals surface area contributed by atoms with Crippen LogP contribution in [0.15, 0.2) is 29.7 Å². The monoisotopic (exact) mass is 248 g/mol. The van der Waals surface area contributed by atoms with E-state index in [1.54, 1.807) is 12.1 Å². The van der Waals surface area contributed by atoms with E-state index >= 15 is 0 Å². The van der Waals surface area contributed by atoms with Gasteiger partial charge in [-0.25, -0.2) is 0 Å². The van der Waals surface area contributed by atoms with Gasteiger partial charge in [-0.15, -0.1) is 0 Å². The number of carbonyl (C=O) groups is 1. The number of nitrogens with two attached hydrogens (primary N) is 2. The maximum atomic E-state index is 11.5. The minimum Gasteiger partial charge on any atom is -0.508 e. The van der Waals surface area contributed by atoms with E-state index < -0.39 is 5.91 Å². The number of rotatable bonds is 2. The van der Waals surface area contributed by atoms with Gasteiger partial charge in [0.2, 0.25) is 0 Å². The molecule has 5 heteroatoms. The van der Waals surface area contributed by atoms with Crippen LogP contribution in [0.2, 0.25) is 0 Å². The molecule has 0 spiro atoms. The summed E-state index contributed by atoms with van der Waals surface area (Å²) in [5, 5.41) is 9.45. The van der Waals surface area contributed by atoms with Crippen molar-refractivity contribution in [3.05, 3.63) is 35.2 Å². The molecule has 5 nitrogen and oxygen atoms in total. The van der Waals surface area contributed by atoms with Crippen LogP contribution in [0.1, 0.15) is 25.3 Å². The molecule has 1 aliphatic heterocycles. The largest absolute Gasteiger partial charge is 0.508 e. The second kappa shape index (κ2) is 4.25. The second-order valence-corrected chi connectivity index (χ2v) is 4.69. The molecule has 18 heavy (non-hydrogen) atoms. The minimum atomic E-state index is -0.579. The Balaban J connectivity index is 2.61. The summed E-state index contributed by atoms with van der Waals surface area (Å²) in [6.45, 7) is 3.95. The van der Waals surface area contributed by atoms with Crippen molar-refractivity contribution in [2.45, 2.75) is 19.8 Å². The minimum absolute atomic E-state index is 0.0132. The highest BCUT2D eigenvalue weighted by molar-refractivity contribution is 5.94. The average Bonchev–Trinajstić information content (AvgIpc) is 2.25. The van der Waals surface area contributed by atoms with Crippen molar-refractivity contribution in [1.82, 2.24) is 0 Å². The number of hydrogen-bond acceptors (Lipinski definition) is 4. The first kappa shape index (κ1) is 12.3. The number of ether oxygens (including phenoxy) is 1. The predicted molar refractivity (Wildman–Crippen MR) is 66.7 cm³/mol. The van der Waals surface area contributed by atoms with Crippen molar-refractivity contribution in [2.75, 3.05) is 0 Å². The van der Waals surface area contributed by atoms with E-state index in [1.807, 2.05) is 13.8 Å². The molecule has 1 amide bonds. The molecule has 0 fully saturated rings. The number of benzene rings is 1. The Hall–Kier alpha value is -2.17. The fourth-order valence-electron chi connectivity index (χ4n) is 2.32. The predicted octanol–water partition coefficient (Wildman–Crippen LogP) is 1.18. The number of hydrogen-bond donors (Lipinski definition) is 3. The third kappa shape index (κ3) is 1.88. The number of aromatic hydroxyl groups is 1. The fourth-order valence-corrected chi connectivity index (χ4v) is 2.32. The van der Waals surface area contributed by atoms with Gasteiger partial charge < -0.3 is 21.3 Å². The summed E-state index contributed by atoms with van der Waals surface area (Å²) in [5.74, 6) is -0.0860. The first-order chi connectivity index (χ1) is 8.41. The molecule has 0 saturated heterocycles. The Morgan fingerprint density at radius 3 is 2.67 bits per heavy atom. The number of phenols is 1. The Morgan fingerprint density at radius 1 is 1.44 bits per heavy atom. The van der Waals surface area contributed by atoms with E-state index in [0.29, 0.717) is 11.3 Å². The Kier molecular flexibility index (Phi) is 2.90. The van der Waals surface area contributed by atoms with Crippen LogP contribution in [0.5, 0.6) is 11.5 Å². The summed E-state index contributed by atoms with van der Waals surface area (Å²) in [6.07, 6.45) is 0. The summed E-state index contributed by atoms with van der Waals surface area (Å²) in [4.78, 5) is 11.5. The Morgan fingerprint density at radius 2 is 2.11 bits per heavy atom. The van der Waals surface area contributed by atoms with E-state index in [1.165, 1.54) is 6.07 Å². The molecule has 1 aromatic carbocycles. The van der Waals surface area contributed by atoms with Gasteiger partial charge in [0.25, 0.3) is 5.91 Å². The molecule has 0 radical (unpaired) electrons. The van der Waals surface area contributed by atoms with Crippen LogP contribution in [0.25, 0.3) is 0 Å². The van der Waals surface area contributed by atoms with Crippen molar-refractivity contribution >= 4 is 5.91 Å². The average molecular weight is 248 g/mol. The molecule has 0 aromatic heterocycles. The molecule has 0 aliphatic carbocycles.